The van der Waals surface area contributed by atoms with Crippen LogP contribution in [-0.2, 0) is 0 Å². The van der Waals surface area contributed by atoms with Crippen LogP contribution in [0.1, 0.15) is 51.9 Å². The van der Waals surface area contributed by atoms with Crippen LogP contribution < -0.4 is 11.1 Å². The van der Waals surface area contributed by atoms with Gasteiger partial charge in [-0.25, -0.2) is 0 Å². The van der Waals surface area contributed by atoms with Crippen molar-refractivity contribution in [2.45, 2.75) is 58.0 Å². The average molecular weight is 216 g/mol. The summed E-state index contributed by atoms with van der Waals surface area (Å²) in [6.07, 6.45) is 8.44. The summed E-state index contributed by atoms with van der Waals surface area (Å²) in [5.41, 5.74) is 5.34. The molecule has 0 amide bonds. The number of hydrogen-bond acceptors (Lipinski definition) is 3. The number of nitrogens with two attached hydrogens (primary N) is 1. The summed E-state index contributed by atoms with van der Waals surface area (Å²) in [7, 11) is 0. The number of aliphatic hydroxyl groups is 1. The van der Waals surface area contributed by atoms with Crippen LogP contribution in [-0.4, -0.2) is 30.8 Å². The standard InChI is InChI=1S/C12H28N2O/c1-2-3-4-5-6-7-8-12(15)11-14-10-9-13/h12,14-15H,2-11,13H2,1H3. The summed E-state index contributed by atoms with van der Waals surface area (Å²) >= 11 is 0. The van der Waals surface area contributed by atoms with E-state index in [1.54, 1.807) is 0 Å². The van der Waals surface area contributed by atoms with Crippen LogP contribution >= 0.6 is 0 Å². The molecule has 1 atom stereocenters. The molecule has 15 heavy (non-hydrogen) atoms. The molecule has 0 aliphatic heterocycles. The molecule has 0 aromatic carbocycles. The molecule has 3 nitrogen and oxygen atoms in total. The van der Waals surface area contributed by atoms with E-state index in [0.29, 0.717) is 13.1 Å². The van der Waals surface area contributed by atoms with E-state index in [1.807, 2.05) is 0 Å². The van der Waals surface area contributed by atoms with E-state index in [9.17, 15) is 5.11 Å². The first-order chi connectivity index (χ1) is 7.31. The predicted molar refractivity (Wildman–Crippen MR) is 65.9 cm³/mol. The predicted octanol–water partition coefficient (Wildman–Crippen LogP) is 1.65. The molecule has 0 aromatic rings. The van der Waals surface area contributed by atoms with Crippen molar-refractivity contribution in [2.24, 2.45) is 5.73 Å². The zero-order valence-corrected chi connectivity index (χ0v) is 10.2. The first kappa shape index (κ1) is 14.9. The first-order valence-electron chi connectivity index (χ1n) is 6.40. The summed E-state index contributed by atoms with van der Waals surface area (Å²) in [4.78, 5) is 0. The SMILES string of the molecule is CCCCCCCCC(O)CNCCN. The molecule has 0 saturated heterocycles. The van der Waals surface area contributed by atoms with Gasteiger partial charge in [-0.15, -0.1) is 0 Å². The quantitative estimate of drug-likeness (QED) is 0.460. The van der Waals surface area contributed by atoms with E-state index >= 15 is 0 Å². The second kappa shape index (κ2) is 12.0. The Bertz CT molecular complexity index is 120. The largest absolute Gasteiger partial charge is 0.392 e. The van der Waals surface area contributed by atoms with Crippen LogP contribution in [0.25, 0.3) is 0 Å². The molecule has 4 N–H and O–H groups in total. The van der Waals surface area contributed by atoms with Gasteiger partial charge in [0.15, 0.2) is 0 Å². The van der Waals surface area contributed by atoms with Crippen molar-refractivity contribution in [3.8, 4) is 0 Å². The third-order valence-electron chi connectivity index (χ3n) is 2.59. The van der Waals surface area contributed by atoms with E-state index in [1.165, 1.54) is 32.1 Å². The highest BCUT2D eigenvalue weighted by molar-refractivity contribution is 4.60. The molecular formula is C12H28N2O. The Hall–Kier alpha value is -0.120. The Balaban J connectivity index is 3.06. The Labute approximate surface area is 94.4 Å². The third-order valence-corrected chi connectivity index (χ3v) is 2.59. The summed E-state index contributed by atoms with van der Waals surface area (Å²) in [6.45, 7) is 4.36. The maximum atomic E-state index is 9.58. The van der Waals surface area contributed by atoms with E-state index in [-0.39, 0.29) is 6.10 Å². The van der Waals surface area contributed by atoms with Crippen molar-refractivity contribution < 1.29 is 5.11 Å². The summed E-state index contributed by atoms with van der Waals surface area (Å²) in [5, 5.41) is 12.7. The lowest BCUT2D eigenvalue weighted by Gasteiger charge is -2.10. The lowest BCUT2D eigenvalue weighted by Crippen LogP contribution is -2.30. The van der Waals surface area contributed by atoms with Gasteiger partial charge in [-0.2, -0.15) is 0 Å². The van der Waals surface area contributed by atoms with E-state index in [2.05, 4.69) is 12.2 Å². The average Bonchev–Trinajstić information content (AvgIpc) is 2.23. The normalized spacial score (nSPS) is 13.0. The van der Waals surface area contributed by atoms with Gasteiger partial charge in [0.05, 0.1) is 6.10 Å². The fourth-order valence-corrected chi connectivity index (χ4v) is 1.63. The molecule has 0 heterocycles. The minimum atomic E-state index is -0.192. The molecule has 0 aromatic heterocycles. The molecule has 1 unspecified atom stereocenters. The molecule has 0 spiro atoms. The maximum absolute atomic E-state index is 9.58. The third kappa shape index (κ3) is 11.8. The Kier molecular flexibility index (Phi) is 11.9. The highest BCUT2D eigenvalue weighted by Crippen LogP contribution is 2.08. The van der Waals surface area contributed by atoms with Crippen LogP contribution in [0.3, 0.4) is 0 Å². The minimum Gasteiger partial charge on any atom is -0.392 e. The monoisotopic (exact) mass is 216 g/mol. The first-order valence-corrected chi connectivity index (χ1v) is 6.40. The lowest BCUT2D eigenvalue weighted by molar-refractivity contribution is 0.158. The van der Waals surface area contributed by atoms with Crippen LogP contribution in [0.4, 0.5) is 0 Å². The van der Waals surface area contributed by atoms with Gasteiger partial charge in [0, 0.05) is 19.6 Å². The van der Waals surface area contributed by atoms with Gasteiger partial charge in [-0.05, 0) is 6.42 Å². The lowest BCUT2D eigenvalue weighted by atomic mass is 10.1. The minimum absolute atomic E-state index is 0.192. The van der Waals surface area contributed by atoms with Gasteiger partial charge in [0.25, 0.3) is 0 Å². The fourth-order valence-electron chi connectivity index (χ4n) is 1.63. The van der Waals surface area contributed by atoms with E-state index in [4.69, 9.17) is 5.73 Å². The van der Waals surface area contributed by atoms with Crippen LogP contribution in [0.5, 0.6) is 0 Å². The smallest absolute Gasteiger partial charge is 0.0664 e. The Morgan fingerprint density at radius 3 is 2.47 bits per heavy atom. The second-order valence-corrected chi connectivity index (χ2v) is 4.20. The van der Waals surface area contributed by atoms with Gasteiger partial charge in [0.1, 0.15) is 0 Å². The highest BCUT2D eigenvalue weighted by Gasteiger charge is 2.02. The highest BCUT2D eigenvalue weighted by atomic mass is 16.3. The summed E-state index contributed by atoms with van der Waals surface area (Å²) in [6, 6.07) is 0. The van der Waals surface area contributed by atoms with Crippen molar-refractivity contribution in [1.29, 1.82) is 0 Å². The zero-order valence-electron chi connectivity index (χ0n) is 10.2. The maximum Gasteiger partial charge on any atom is 0.0664 e. The van der Waals surface area contributed by atoms with Crippen LogP contribution in [0.2, 0.25) is 0 Å². The molecule has 0 saturated carbocycles. The van der Waals surface area contributed by atoms with Gasteiger partial charge in [-0.3, -0.25) is 0 Å². The van der Waals surface area contributed by atoms with Crippen LogP contribution in [0, 0.1) is 0 Å². The van der Waals surface area contributed by atoms with E-state index in [0.717, 1.165) is 19.4 Å². The molecule has 3 heteroatoms. The van der Waals surface area contributed by atoms with Crippen molar-refractivity contribution in [3.05, 3.63) is 0 Å². The van der Waals surface area contributed by atoms with Gasteiger partial charge in [-0.1, -0.05) is 45.4 Å². The number of unbranched alkanes of at least 4 members (excludes halogenated alkanes) is 5. The van der Waals surface area contributed by atoms with Crippen molar-refractivity contribution >= 4 is 0 Å². The molecule has 92 valence electrons. The second-order valence-electron chi connectivity index (χ2n) is 4.20. The molecule has 0 rings (SSSR count). The molecule has 0 bridgehead atoms. The van der Waals surface area contributed by atoms with Crippen molar-refractivity contribution in [2.75, 3.05) is 19.6 Å². The Morgan fingerprint density at radius 1 is 1.13 bits per heavy atom. The molecule has 0 fully saturated rings. The number of hydrogen-bond donors (Lipinski definition) is 3. The molecule has 0 aliphatic rings. The number of rotatable bonds is 11. The van der Waals surface area contributed by atoms with Crippen molar-refractivity contribution in [3.63, 3.8) is 0 Å². The van der Waals surface area contributed by atoms with Gasteiger partial charge in [0.2, 0.25) is 0 Å². The fraction of sp³-hybridized carbons (Fsp3) is 1.00. The topological polar surface area (TPSA) is 58.3 Å². The molecular weight excluding hydrogens is 188 g/mol. The Morgan fingerprint density at radius 2 is 1.80 bits per heavy atom. The summed E-state index contributed by atoms with van der Waals surface area (Å²) < 4.78 is 0. The van der Waals surface area contributed by atoms with Gasteiger partial charge >= 0.3 is 0 Å². The zero-order chi connectivity index (χ0) is 11.4. The van der Waals surface area contributed by atoms with E-state index < -0.39 is 0 Å². The van der Waals surface area contributed by atoms with Gasteiger partial charge < -0.3 is 16.2 Å². The van der Waals surface area contributed by atoms with Crippen molar-refractivity contribution in [1.82, 2.24) is 5.32 Å². The molecule has 0 aliphatic carbocycles. The number of aliphatic hydroxyl groups excluding tert-OH is 1. The van der Waals surface area contributed by atoms with Crippen LogP contribution in [0.15, 0.2) is 0 Å². The molecule has 0 radical (unpaired) electrons. The summed E-state index contributed by atoms with van der Waals surface area (Å²) in [5.74, 6) is 0. The number of nitrogens with one attached hydrogen (secondary N) is 1.